The predicted octanol–water partition coefficient (Wildman–Crippen LogP) is 1.15. The lowest BCUT2D eigenvalue weighted by Crippen LogP contribution is -2.57. The van der Waals surface area contributed by atoms with Crippen LogP contribution < -0.4 is 5.32 Å². The number of piperazine rings is 1. The molecule has 1 unspecified atom stereocenters. The highest BCUT2D eigenvalue weighted by atomic mass is 32.2. The van der Waals surface area contributed by atoms with Crippen LogP contribution >= 0.6 is 11.8 Å². The number of amides is 2. The van der Waals surface area contributed by atoms with Crippen LogP contribution in [0.15, 0.2) is 23.4 Å². The summed E-state index contributed by atoms with van der Waals surface area (Å²) < 4.78 is 0. The topological polar surface area (TPSA) is 62.3 Å². The van der Waals surface area contributed by atoms with Crippen molar-refractivity contribution in [2.45, 2.75) is 24.4 Å². The number of carbonyl (C=O) groups is 2. The third kappa shape index (κ3) is 2.73. The van der Waals surface area contributed by atoms with Gasteiger partial charge in [0, 0.05) is 19.3 Å². The van der Waals surface area contributed by atoms with E-state index in [1.165, 1.54) is 11.8 Å². The first-order valence-corrected chi connectivity index (χ1v) is 7.49. The molecule has 1 fully saturated rings. The summed E-state index contributed by atoms with van der Waals surface area (Å²) >= 11 is 1.44. The zero-order valence-electron chi connectivity index (χ0n) is 11.0. The maximum absolute atomic E-state index is 12.6. The first-order valence-electron chi connectivity index (χ1n) is 6.26. The molecule has 1 aliphatic heterocycles. The molecule has 19 heavy (non-hydrogen) atoms. The standard InChI is InChI=1S/C13H17N3O2S/c1-3-10-11(17)14-7-8-16(10)13(18)9-5-4-6-15-12(9)19-2/h4-6,10H,3,7-8H2,1-2H3,(H,14,17). The van der Waals surface area contributed by atoms with Gasteiger partial charge in [0.25, 0.3) is 5.91 Å². The molecule has 5 nitrogen and oxygen atoms in total. The third-order valence-electron chi connectivity index (χ3n) is 3.17. The van der Waals surface area contributed by atoms with Gasteiger partial charge in [-0.3, -0.25) is 9.59 Å². The highest BCUT2D eigenvalue weighted by Gasteiger charge is 2.32. The van der Waals surface area contributed by atoms with Gasteiger partial charge in [0.1, 0.15) is 11.1 Å². The quantitative estimate of drug-likeness (QED) is 0.843. The molecule has 0 spiro atoms. The van der Waals surface area contributed by atoms with Gasteiger partial charge in [0.05, 0.1) is 5.56 Å². The van der Waals surface area contributed by atoms with Crippen LogP contribution in [0.2, 0.25) is 0 Å². The minimum atomic E-state index is -0.379. The summed E-state index contributed by atoms with van der Waals surface area (Å²) in [6.45, 7) is 2.97. The second-order valence-electron chi connectivity index (χ2n) is 4.27. The Morgan fingerprint density at radius 2 is 2.42 bits per heavy atom. The molecule has 2 heterocycles. The van der Waals surface area contributed by atoms with Gasteiger partial charge >= 0.3 is 0 Å². The van der Waals surface area contributed by atoms with Gasteiger partial charge in [-0.1, -0.05) is 6.92 Å². The van der Waals surface area contributed by atoms with Gasteiger partial charge in [0.15, 0.2) is 0 Å². The van der Waals surface area contributed by atoms with E-state index in [0.717, 1.165) is 0 Å². The Labute approximate surface area is 116 Å². The summed E-state index contributed by atoms with van der Waals surface area (Å²) in [7, 11) is 0. The number of hydrogen-bond acceptors (Lipinski definition) is 4. The fraction of sp³-hybridized carbons (Fsp3) is 0.462. The number of nitrogens with one attached hydrogen (secondary N) is 1. The van der Waals surface area contributed by atoms with Crippen molar-refractivity contribution in [3.63, 3.8) is 0 Å². The van der Waals surface area contributed by atoms with E-state index in [0.29, 0.717) is 30.1 Å². The van der Waals surface area contributed by atoms with Gasteiger partial charge < -0.3 is 10.2 Å². The lowest BCUT2D eigenvalue weighted by molar-refractivity contribution is -0.127. The zero-order chi connectivity index (χ0) is 13.8. The van der Waals surface area contributed by atoms with Crippen molar-refractivity contribution in [2.75, 3.05) is 19.3 Å². The van der Waals surface area contributed by atoms with Crippen molar-refractivity contribution in [2.24, 2.45) is 0 Å². The van der Waals surface area contributed by atoms with Crippen LogP contribution in [0, 0.1) is 0 Å². The van der Waals surface area contributed by atoms with E-state index >= 15 is 0 Å². The molecule has 0 saturated carbocycles. The maximum atomic E-state index is 12.6. The molecule has 6 heteroatoms. The van der Waals surface area contributed by atoms with E-state index < -0.39 is 0 Å². The van der Waals surface area contributed by atoms with Gasteiger partial charge in [-0.25, -0.2) is 4.98 Å². The molecular weight excluding hydrogens is 262 g/mol. The Balaban J connectivity index is 2.29. The van der Waals surface area contributed by atoms with Crippen LogP contribution in [0.5, 0.6) is 0 Å². The molecular formula is C13H17N3O2S. The number of pyridine rings is 1. The van der Waals surface area contributed by atoms with Crippen LogP contribution in [0.3, 0.4) is 0 Å². The third-order valence-corrected chi connectivity index (χ3v) is 3.89. The van der Waals surface area contributed by atoms with Crippen molar-refractivity contribution in [1.82, 2.24) is 15.2 Å². The first-order chi connectivity index (χ1) is 9.19. The van der Waals surface area contributed by atoms with Crippen LogP contribution in [-0.4, -0.2) is 47.1 Å². The molecule has 2 rings (SSSR count). The average molecular weight is 279 g/mol. The highest BCUT2D eigenvalue weighted by molar-refractivity contribution is 7.98. The van der Waals surface area contributed by atoms with E-state index in [4.69, 9.17) is 0 Å². The van der Waals surface area contributed by atoms with Crippen LogP contribution in [-0.2, 0) is 4.79 Å². The monoisotopic (exact) mass is 279 g/mol. The molecule has 2 amide bonds. The average Bonchev–Trinajstić information content (AvgIpc) is 2.46. The number of rotatable bonds is 3. The lowest BCUT2D eigenvalue weighted by Gasteiger charge is -2.34. The van der Waals surface area contributed by atoms with Crippen LogP contribution in [0.4, 0.5) is 0 Å². The number of thioether (sulfide) groups is 1. The molecule has 1 aliphatic rings. The minimum Gasteiger partial charge on any atom is -0.353 e. The fourth-order valence-corrected chi connectivity index (χ4v) is 2.78. The molecule has 1 aromatic rings. The Bertz CT molecular complexity index is 493. The largest absolute Gasteiger partial charge is 0.353 e. The van der Waals surface area contributed by atoms with E-state index in [1.54, 1.807) is 23.2 Å². The minimum absolute atomic E-state index is 0.0725. The van der Waals surface area contributed by atoms with Gasteiger partial charge in [0.2, 0.25) is 5.91 Å². The summed E-state index contributed by atoms with van der Waals surface area (Å²) in [6.07, 6.45) is 4.18. The number of nitrogens with zero attached hydrogens (tertiary/aromatic N) is 2. The van der Waals surface area contributed by atoms with Crippen LogP contribution in [0.25, 0.3) is 0 Å². The Hall–Kier alpha value is -1.56. The first kappa shape index (κ1) is 13.9. The lowest BCUT2D eigenvalue weighted by atomic mass is 10.1. The zero-order valence-corrected chi connectivity index (χ0v) is 11.9. The summed E-state index contributed by atoms with van der Waals surface area (Å²) in [5, 5.41) is 3.50. The van der Waals surface area contributed by atoms with Crippen molar-refractivity contribution in [1.29, 1.82) is 0 Å². The maximum Gasteiger partial charge on any atom is 0.257 e. The predicted molar refractivity (Wildman–Crippen MR) is 74.1 cm³/mol. The molecule has 0 radical (unpaired) electrons. The summed E-state index contributed by atoms with van der Waals surface area (Å²) in [5.41, 5.74) is 0.572. The normalized spacial score (nSPS) is 19.2. The van der Waals surface area contributed by atoms with Gasteiger partial charge in [-0.2, -0.15) is 0 Å². The Kier molecular flexibility index (Phi) is 4.42. The molecule has 0 bridgehead atoms. The molecule has 0 aromatic carbocycles. The number of hydrogen-bond donors (Lipinski definition) is 1. The smallest absolute Gasteiger partial charge is 0.257 e. The van der Waals surface area contributed by atoms with E-state index in [-0.39, 0.29) is 17.9 Å². The molecule has 1 saturated heterocycles. The summed E-state index contributed by atoms with van der Waals surface area (Å²) in [4.78, 5) is 30.2. The van der Waals surface area contributed by atoms with E-state index in [9.17, 15) is 9.59 Å². The Morgan fingerprint density at radius 3 is 3.11 bits per heavy atom. The summed E-state index contributed by atoms with van der Waals surface area (Å²) in [6, 6.07) is 3.13. The van der Waals surface area contributed by atoms with E-state index in [2.05, 4.69) is 10.3 Å². The Morgan fingerprint density at radius 1 is 1.63 bits per heavy atom. The highest BCUT2D eigenvalue weighted by Crippen LogP contribution is 2.21. The second-order valence-corrected chi connectivity index (χ2v) is 5.07. The molecule has 1 atom stereocenters. The van der Waals surface area contributed by atoms with Crippen LogP contribution in [0.1, 0.15) is 23.7 Å². The number of aromatic nitrogens is 1. The second kappa shape index (κ2) is 6.06. The van der Waals surface area contributed by atoms with Gasteiger partial charge in [-0.05, 0) is 24.8 Å². The van der Waals surface area contributed by atoms with E-state index in [1.807, 2.05) is 13.2 Å². The van der Waals surface area contributed by atoms with Crippen molar-refractivity contribution < 1.29 is 9.59 Å². The van der Waals surface area contributed by atoms with Crippen molar-refractivity contribution >= 4 is 23.6 Å². The SMILES string of the molecule is CCC1C(=O)NCCN1C(=O)c1cccnc1SC. The van der Waals surface area contributed by atoms with Gasteiger partial charge in [-0.15, -0.1) is 11.8 Å². The molecule has 1 N–H and O–H groups in total. The molecule has 0 aliphatic carbocycles. The molecule has 102 valence electrons. The van der Waals surface area contributed by atoms with Crippen molar-refractivity contribution in [3.8, 4) is 0 Å². The molecule has 1 aromatic heterocycles. The fourth-order valence-electron chi connectivity index (χ4n) is 2.23. The number of carbonyl (C=O) groups excluding carboxylic acids is 2. The van der Waals surface area contributed by atoms with Crippen molar-refractivity contribution in [3.05, 3.63) is 23.9 Å². The summed E-state index contributed by atoms with van der Waals surface area (Å²) in [5.74, 6) is -0.184.